The molecule has 0 N–H and O–H groups in total. The SMILES string of the molecule is C[C@H](c1ccccc1)n1nccc1C(=O)SCC1(C)COC1. The van der Waals surface area contributed by atoms with Crippen LogP contribution in [0.1, 0.15) is 35.9 Å². The molecule has 0 bridgehead atoms. The molecule has 0 spiro atoms. The number of rotatable bonds is 5. The average molecular weight is 316 g/mol. The van der Waals surface area contributed by atoms with Gasteiger partial charge in [0.25, 0.3) is 0 Å². The molecule has 0 unspecified atom stereocenters. The summed E-state index contributed by atoms with van der Waals surface area (Å²) in [5, 5.41) is 4.43. The van der Waals surface area contributed by atoms with E-state index in [4.69, 9.17) is 4.74 Å². The Balaban J connectivity index is 1.72. The molecule has 0 amide bonds. The highest BCUT2D eigenvalue weighted by Crippen LogP contribution is 2.32. The molecular weight excluding hydrogens is 296 g/mol. The zero-order chi connectivity index (χ0) is 15.6. The van der Waals surface area contributed by atoms with E-state index in [1.165, 1.54) is 11.8 Å². The standard InChI is InChI=1S/C17H20N2O2S/c1-13(14-6-4-3-5-7-14)19-15(8-9-18-19)16(20)22-12-17(2)10-21-11-17/h3-9,13H,10-12H2,1-2H3/t13-/m1/s1. The molecular formula is C17H20N2O2S. The molecule has 1 aliphatic heterocycles. The highest BCUT2D eigenvalue weighted by atomic mass is 32.2. The predicted octanol–water partition coefficient (Wildman–Crippen LogP) is 3.40. The number of nitrogens with zero attached hydrogens (tertiary/aromatic N) is 2. The number of hydrogen-bond acceptors (Lipinski definition) is 4. The van der Waals surface area contributed by atoms with Crippen LogP contribution in [0, 0.1) is 5.41 Å². The quantitative estimate of drug-likeness (QED) is 0.848. The summed E-state index contributed by atoms with van der Waals surface area (Å²) in [6.45, 7) is 5.70. The molecule has 5 heteroatoms. The lowest BCUT2D eigenvalue weighted by molar-refractivity contribution is -0.0860. The van der Waals surface area contributed by atoms with Crippen molar-refractivity contribution < 1.29 is 9.53 Å². The molecule has 2 heterocycles. The van der Waals surface area contributed by atoms with Gasteiger partial charge in [-0.05, 0) is 18.6 Å². The Bertz CT molecular complexity index is 650. The van der Waals surface area contributed by atoms with E-state index in [2.05, 4.69) is 31.1 Å². The van der Waals surface area contributed by atoms with E-state index in [-0.39, 0.29) is 16.6 Å². The molecule has 3 rings (SSSR count). The lowest BCUT2D eigenvalue weighted by Gasteiger charge is -2.37. The highest BCUT2D eigenvalue weighted by molar-refractivity contribution is 8.14. The number of carbonyl (C=O) groups excluding carboxylic acids is 1. The normalized spacial score (nSPS) is 17.7. The Morgan fingerprint density at radius 3 is 2.73 bits per heavy atom. The molecule has 1 aliphatic rings. The van der Waals surface area contributed by atoms with Gasteiger partial charge in [0, 0.05) is 17.4 Å². The van der Waals surface area contributed by atoms with Crippen molar-refractivity contribution >= 4 is 16.9 Å². The van der Waals surface area contributed by atoms with Crippen molar-refractivity contribution in [2.45, 2.75) is 19.9 Å². The minimum Gasteiger partial charge on any atom is -0.380 e. The smallest absolute Gasteiger partial charge is 0.237 e. The lowest BCUT2D eigenvalue weighted by atomic mass is 9.92. The molecule has 1 atom stereocenters. The largest absolute Gasteiger partial charge is 0.380 e. The molecule has 1 aromatic heterocycles. The molecule has 0 aliphatic carbocycles. The van der Waals surface area contributed by atoms with Crippen LogP contribution in [0.5, 0.6) is 0 Å². The minimum absolute atomic E-state index is 0.0402. The molecule has 2 aromatic rings. The second-order valence-electron chi connectivity index (χ2n) is 6.13. The first-order valence-corrected chi connectivity index (χ1v) is 8.41. The van der Waals surface area contributed by atoms with Crippen LogP contribution < -0.4 is 0 Å². The molecule has 1 aromatic carbocycles. The fourth-order valence-corrected chi connectivity index (χ4v) is 3.46. The van der Waals surface area contributed by atoms with Gasteiger partial charge in [0.1, 0.15) is 5.69 Å². The van der Waals surface area contributed by atoms with E-state index in [0.717, 1.165) is 24.5 Å². The summed E-state index contributed by atoms with van der Waals surface area (Å²) in [5.74, 6) is 0.788. The van der Waals surface area contributed by atoms with Gasteiger partial charge in [-0.15, -0.1) is 0 Å². The van der Waals surface area contributed by atoms with Crippen molar-refractivity contribution in [3.05, 3.63) is 53.9 Å². The second-order valence-corrected chi connectivity index (χ2v) is 7.08. The number of ether oxygens (including phenoxy) is 1. The second kappa shape index (κ2) is 6.26. The van der Waals surface area contributed by atoms with E-state index < -0.39 is 0 Å². The van der Waals surface area contributed by atoms with Crippen molar-refractivity contribution in [2.75, 3.05) is 19.0 Å². The third kappa shape index (κ3) is 3.10. The summed E-state index contributed by atoms with van der Waals surface area (Å²) in [6, 6.07) is 11.9. The first kappa shape index (κ1) is 15.3. The van der Waals surface area contributed by atoms with E-state index in [1.54, 1.807) is 12.3 Å². The van der Waals surface area contributed by atoms with Gasteiger partial charge in [-0.1, -0.05) is 49.0 Å². The summed E-state index contributed by atoms with van der Waals surface area (Å²) in [4.78, 5) is 12.5. The topological polar surface area (TPSA) is 44.1 Å². The van der Waals surface area contributed by atoms with Crippen LogP contribution in [-0.2, 0) is 4.74 Å². The maximum atomic E-state index is 12.5. The molecule has 1 saturated heterocycles. The minimum atomic E-state index is 0.0402. The first-order chi connectivity index (χ1) is 10.6. The van der Waals surface area contributed by atoms with Crippen molar-refractivity contribution in [3.63, 3.8) is 0 Å². The lowest BCUT2D eigenvalue weighted by Crippen LogP contribution is -2.42. The van der Waals surface area contributed by atoms with E-state index in [9.17, 15) is 4.79 Å². The van der Waals surface area contributed by atoms with E-state index in [1.807, 2.05) is 22.9 Å². The van der Waals surface area contributed by atoms with Gasteiger partial charge in [-0.25, -0.2) is 0 Å². The average Bonchev–Trinajstić information content (AvgIpc) is 3.00. The van der Waals surface area contributed by atoms with Crippen LogP contribution in [0.25, 0.3) is 0 Å². The number of carbonyl (C=O) groups is 1. The van der Waals surface area contributed by atoms with Crippen LogP contribution in [-0.4, -0.2) is 33.9 Å². The maximum absolute atomic E-state index is 12.5. The predicted molar refractivity (Wildman–Crippen MR) is 88.2 cm³/mol. The summed E-state index contributed by atoms with van der Waals surface area (Å²) < 4.78 is 7.05. The fraction of sp³-hybridized carbons (Fsp3) is 0.412. The van der Waals surface area contributed by atoms with Crippen molar-refractivity contribution in [1.29, 1.82) is 0 Å². The zero-order valence-electron chi connectivity index (χ0n) is 12.9. The Morgan fingerprint density at radius 2 is 2.09 bits per heavy atom. The van der Waals surface area contributed by atoms with Crippen molar-refractivity contribution in [1.82, 2.24) is 9.78 Å². The molecule has 22 heavy (non-hydrogen) atoms. The number of aromatic nitrogens is 2. The van der Waals surface area contributed by atoms with Crippen LogP contribution in [0.4, 0.5) is 0 Å². The fourth-order valence-electron chi connectivity index (χ4n) is 2.50. The van der Waals surface area contributed by atoms with E-state index in [0.29, 0.717) is 5.69 Å². The van der Waals surface area contributed by atoms with Gasteiger partial charge in [-0.3, -0.25) is 9.48 Å². The monoisotopic (exact) mass is 316 g/mol. The Labute approximate surface area is 134 Å². The van der Waals surface area contributed by atoms with Crippen LogP contribution in [0.2, 0.25) is 0 Å². The van der Waals surface area contributed by atoms with Gasteiger partial charge in [0.2, 0.25) is 5.12 Å². The van der Waals surface area contributed by atoms with Gasteiger partial charge in [0.15, 0.2) is 0 Å². The van der Waals surface area contributed by atoms with Gasteiger partial charge in [0.05, 0.1) is 19.3 Å². The third-order valence-corrected chi connectivity index (χ3v) is 5.29. The summed E-state index contributed by atoms with van der Waals surface area (Å²) in [5.41, 5.74) is 1.94. The molecule has 0 saturated carbocycles. The van der Waals surface area contributed by atoms with Gasteiger partial charge >= 0.3 is 0 Å². The molecule has 4 nitrogen and oxygen atoms in total. The molecule has 0 radical (unpaired) electrons. The van der Waals surface area contributed by atoms with E-state index >= 15 is 0 Å². The zero-order valence-corrected chi connectivity index (χ0v) is 13.7. The number of benzene rings is 1. The summed E-state index contributed by atoms with van der Waals surface area (Å²) in [6.07, 6.45) is 1.70. The van der Waals surface area contributed by atoms with Crippen molar-refractivity contribution in [3.8, 4) is 0 Å². The Hall–Kier alpha value is -1.59. The van der Waals surface area contributed by atoms with Gasteiger partial charge < -0.3 is 4.74 Å². The maximum Gasteiger partial charge on any atom is 0.237 e. The highest BCUT2D eigenvalue weighted by Gasteiger charge is 2.34. The summed E-state index contributed by atoms with van der Waals surface area (Å²) in [7, 11) is 0. The first-order valence-electron chi connectivity index (χ1n) is 7.42. The van der Waals surface area contributed by atoms with Crippen LogP contribution >= 0.6 is 11.8 Å². The number of hydrogen-bond donors (Lipinski definition) is 0. The van der Waals surface area contributed by atoms with Crippen LogP contribution in [0.3, 0.4) is 0 Å². The molecule has 116 valence electrons. The van der Waals surface area contributed by atoms with Gasteiger partial charge in [-0.2, -0.15) is 5.10 Å². The Kier molecular flexibility index (Phi) is 4.36. The van der Waals surface area contributed by atoms with Crippen molar-refractivity contribution in [2.24, 2.45) is 5.41 Å². The molecule has 1 fully saturated rings. The summed E-state index contributed by atoms with van der Waals surface area (Å²) >= 11 is 1.36. The third-order valence-electron chi connectivity index (χ3n) is 3.98. The number of thioether (sulfide) groups is 1. The van der Waals surface area contributed by atoms with Crippen LogP contribution in [0.15, 0.2) is 42.6 Å². The Morgan fingerprint density at radius 1 is 1.36 bits per heavy atom.